The highest BCUT2D eigenvalue weighted by Gasteiger charge is 2.19. The minimum absolute atomic E-state index is 0.0519. The summed E-state index contributed by atoms with van der Waals surface area (Å²) in [6, 6.07) is 12.1. The van der Waals surface area contributed by atoms with Crippen LogP contribution in [0.25, 0.3) is 11.4 Å². The van der Waals surface area contributed by atoms with Crippen molar-refractivity contribution in [3.8, 4) is 11.4 Å². The van der Waals surface area contributed by atoms with Crippen molar-refractivity contribution in [2.45, 2.75) is 25.9 Å². The van der Waals surface area contributed by atoms with E-state index < -0.39 is 29.6 Å². The van der Waals surface area contributed by atoms with E-state index in [1.54, 1.807) is 0 Å². The van der Waals surface area contributed by atoms with Crippen molar-refractivity contribution in [2.75, 3.05) is 5.32 Å². The van der Waals surface area contributed by atoms with Crippen LogP contribution in [0.1, 0.15) is 19.2 Å². The molecule has 0 aliphatic carbocycles. The van der Waals surface area contributed by atoms with E-state index >= 15 is 0 Å². The molecule has 7 nitrogen and oxygen atoms in total. The molecule has 1 heterocycles. The predicted molar refractivity (Wildman–Crippen MR) is 98.6 cm³/mol. The number of benzene rings is 2. The van der Waals surface area contributed by atoms with Gasteiger partial charge in [-0.2, -0.15) is 4.98 Å². The Morgan fingerprint density at radius 2 is 1.90 bits per heavy atom. The van der Waals surface area contributed by atoms with Crippen molar-refractivity contribution in [2.24, 2.45) is 0 Å². The van der Waals surface area contributed by atoms with Crippen molar-refractivity contribution in [1.82, 2.24) is 10.1 Å². The number of hydrogen-bond donors (Lipinski definition) is 1. The first-order valence-electron chi connectivity index (χ1n) is 8.76. The Kier molecular flexibility index (Phi) is 6.28. The molecule has 1 N–H and O–H groups in total. The molecule has 1 amide bonds. The molecule has 2 aromatic carbocycles. The third-order valence-electron chi connectivity index (χ3n) is 3.91. The van der Waals surface area contributed by atoms with Crippen LogP contribution in [0, 0.1) is 11.6 Å². The Balaban J connectivity index is 1.48. The van der Waals surface area contributed by atoms with E-state index in [0.717, 1.165) is 17.7 Å². The van der Waals surface area contributed by atoms with Crippen LogP contribution < -0.4 is 5.32 Å². The number of aromatic nitrogens is 2. The summed E-state index contributed by atoms with van der Waals surface area (Å²) >= 11 is 0. The summed E-state index contributed by atoms with van der Waals surface area (Å²) in [7, 11) is 0. The van der Waals surface area contributed by atoms with Gasteiger partial charge in [0.15, 0.2) is 17.7 Å². The Morgan fingerprint density at radius 1 is 1.14 bits per heavy atom. The zero-order chi connectivity index (χ0) is 20.8. The highest BCUT2D eigenvalue weighted by Crippen LogP contribution is 2.16. The average Bonchev–Trinajstić information content (AvgIpc) is 3.19. The highest BCUT2D eigenvalue weighted by atomic mass is 19.2. The number of anilines is 1. The molecule has 0 bridgehead atoms. The van der Waals surface area contributed by atoms with Gasteiger partial charge in [0, 0.05) is 23.7 Å². The largest absolute Gasteiger partial charge is 0.453 e. The first-order valence-corrected chi connectivity index (χ1v) is 8.76. The van der Waals surface area contributed by atoms with Crippen LogP contribution in [-0.2, 0) is 20.7 Å². The van der Waals surface area contributed by atoms with Gasteiger partial charge in [-0.15, -0.1) is 0 Å². The van der Waals surface area contributed by atoms with E-state index in [1.165, 1.54) is 13.0 Å². The van der Waals surface area contributed by atoms with Crippen LogP contribution in [0.2, 0.25) is 0 Å². The Labute approximate surface area is 164 Å². The highest BCUT2D eigenvalue weighted by molar-refractivity contribution is 5.95. The molecular formula is C20H17F2N3O4. The number of rotatable bonds is 7. The van der Waals surface area contributed by atoms with Gasteiger partial charge in [-0.3, -0.25) is 9.59 Å². The summed E-state index contributed by atoms with van der Waals surface area (Å²) in [5.74, 6) is -2.76. The van der Waals surface area contributed by atoms with E-state index in [0.29, 0.717) is 5.82 Å². The van der Waals surface area contributed by atoms with Crippen LogP contribution in [-0.4, -0.2) is 28.1 Å². The number of amides is 1. The van der Waals surface area contributed by atoms with Crippen LogP contribution >= 0.6 is 0 Å². The quantitative estimate of drug-likeness (QED) is 0.609. The maximum atomic E-state index is 13.2. The van der Waals surface area contributed by atoms with Gasteiger partial charge in [0.05, 0.1) is 6.42 Å². The molecule has 0 radical (unpaired) electrons. The van der Waals surface area contributed by atoms with Gasteiger partial charge >= 0.3 is 5.97 Å². The van der Waals surface area contributed by atoms with Gasteiger partial charge < -0.3 is 14.6 Å². The number of carbonyl (C=O) groups excluding carboxylic acids is 2. The molecule has 3 rings (SSSR count). The van der Waals surface area contributed by atoms with E-state index in [-0.39, 0.29) is 24.4 Å². The standard InChI is InChI=1S/C20H17F2N3O4/c1-12(20(27)23-14-7-8-15(21)16(22)11-14)28-18(26)10-9-17-24-19(25-29-17)13-5-3-2-4-6-13/h2-8,11-12H,9-10H2,1H3,(H,23,27)/t12-/m1/s1. The molecule has 0 saturated heterocycles. The van der Waals surface area contributed by atoms with Gasteiger partial charge in [-0.05, 0) is 19.1 Å². The number of halogens is 2. The molecule has 0 saturated carbocycles. The third-order valence-corrected chi connectivity index (χ3v) is 3.91. The number of hydrogen-bond acceptors (Lipinski definition) is 6. The summed E-state index contributed by atoms with van der Waals surface area (Å²) in [6.07, 6.45) is -1.05. The second kappa shape index (κ2) is 9.05. The van der Waals surface area contributed by atoms with Crippen molar-refractivity contribution < 1.29 is 27.6 Å². The maximum absolute atomic E-state index is 13.2. The van der Waals surface area contributed by atoms with E-state index in [2.05, 4.69) is 15.5 Å². The van der Waals surface area contributed by atoms with E-state index in [1.807, 2.05) is 30.3 Å². The topological polar surface area (TPSA) is 94.3 Å². The zero-order valence-corrected chi connectivity index (χ0v) is 15.4. The van der Waals surface area contributed by atoms with E-state index in [9.17, 15) is 18.4 Å². The Hall–Kier alpha value is -3.62. The first kappa shape index (κ1) is 20.1. The summed E-state index contributed by atoms with van der Waals surface area (Å²) in [5, 5.41) is 6.20. The average molecular weight is 401 g/mol. The van der Waals surface area contributed by atoms with Crippen molar-refractivity contribution >= 4 is 17.6 Å². The molecule has 3 aromatic rings. The summed E-state index contributed by atoms with van der Waals surface area (Å²) in [6.45, 7) is 1.37. The minimum Gasteiger partial charge on any atom is -0.453 e. The second-order valence-electron chi connectivity index (χ2n) is 6.13. The van der Waals surface area contributed by atoms with Gasteiger partial charge in [-0.25, -0.2) is 8.78 Å². The number of nitrogens with zero attached hydrogens (tertiary/aromatic N) is 2. The first-order chi connectivity index (χ1) is 13.9. The van der Waals surface area contributed by atoms with Gasteiger partial charge in [0.1, 0.15) is 0 Å². The van der Waals surface area contributed by atoms with Crippen molar-refractivity contribution in [3.63, 3.8) is 0 Å². The van der Waals surface area contributed by atoms with Crippen LogP contribution in [0.3, 0.4) is 0 Å². The van der Waals surface area contributed by atoms with Crippen molar-refractivity contribution in [3.05, 3.63) is 66.1 Å². The zero-order valence-electron chi connectivity index (χ0n) is 15.4. The van der Waals surface area contributed by atoms with Crippen LogP contribution in [0.4, 0.5) is 14.5 Å². The number of carbonyl (C=O) groups is 2. The third kappa shape index (κ3) is 5.44. The number of ether oxygens (including phenoxy) is 1. The molecule has 0 fully saturated rings. The minimum atomic E-state index is -1.13. The van der Waals surface area contributed by atoms with E-state index in [4.69, 9.17) is 9.26 Å². The lowest BCUT2D eigenvalue weighted by Crippen LogP contribution is -2.30. The number of esters is 1. The number of nitrogens with one attached hydrogen (secondary N) is 1. The maximum Gasteiger partial charge on any atom is 0.307 e. The molecule has 150 valence electrons. The van der Waals surface area contributed by atoms with Crippen LogP contribution in [0.15, 0.2) is 53.1 Å². The van der Waals surface area contributed by atoms with Gasteiger partial charge in [0.2, 0.25) is 11.7 Å². The molecule has 0 aliphatic rings. The van der Waals surface area contributed by atoms with Gasteiger partial charge in [-0.1, -0.05) is 35.5 Å². The lowest BCUT2D eigenvalue weighted by atomic mass is 10.2. The lowest BCUT2D eigenvalue weighted by molar-refractivity contribution is -0.153. The molecule has 0 unspecified atom stereocenters. The summed E-state index contributed by atoms with van der Waals surface area (Å²) < 4.78 is 36.2. The smallest absolute Gasteiger partial charge is 0.307 e. The number of aryl methyl sites for hydroxylation is 1. The summed E-state index contributed by atoms with van der Waals surface area (Å²) in [4.78, 5) is 28.2. The fraction of sp³-hybridized carbons (Fsp3) is 0.200. The Bertz CT molecular complexity index is 1010. The lowest BCUT2D eigenvalue weighted by Gasteiger charge is -2.13. The molecule has 1 atom stereocenters. The van der Waals surface area contributed by atoms with Gasteiger partial charge in [0.25, 0.3) is 5.91 Å². The fourth-order valence-corrected chi connectivity index (χ4v) is 2.40. The normalized spacial score (nSPS) is 11.7. The molecule has 0 spiro atoms. The molecule has 29 heavy (non-hydrogen) atoms. The Morgan fingerprint density at radius 3 is 2.62 bits per heavy atom. The van der Waals surface area contributed by atoms with Crippen LogP contribution in [0.5, 0.6) is 0 Å². The summed E-state index contributed by atoms with van der Waals surface area (Å²) in [5.41, 5.74) is 0.837. The molecule has 9 heteroatoms. The second-order valence-corrected chi connectivity index (χ2v) is 6.13. The predicted octanol–water partition coefficient (Wildman–Crippen LogP) is 3.52. The molecule has 0 aliphatic heterocycles. The molecular weight excluding hydrogens is 384 g/mol. The fourth-order valence-electron chi connectivity index (χ4n) is 2.40. The SMILES string of the molecule is C[C@@H](OC(=O)CCc1nc(-c2ccccc2)no1)C(=O)Nc1ccc(F)c(F)c1. The monoisotopic (exact) mass is 401 g/mol. The van der Waals surface area contributed by atoms with Crippen molar-refractivity contribution in [1.29, 1.82) is 0 Å². The molecule has 1 aromatic heterocycles.